The zero-order valence-electron chi connectivity index (χ0n) is 21.9. The van der Waals surface area contributed by atoms with Crippen LogP contribution in [0.3, 0.4) is 0 Å². The van der Waals surface area contributed by atoms with Crippen molar-refractivity contribution in [3.8, 4) is 0 Å². The molecule has 0 saturated carbocycles. The fourth-order valence-electron chi connectivity index (χ4n) is 3.90. The first-order valence-corrected chi connectivity index (χ1v) is 12.6. The van der Waals surface area contributed by atoms with Gasteiger partial charge >= 0.3 is 5.63 Å². The van der Waals surface area contributed by atoms with Gasteiger partial charge in [-0.2, -0.15) is 0 Å². The SMILES string of the molecule is C=COCNc1ccc(CCc2ccc(NC(=O)c3cc4ccc(NCNC(=O)C=C)cc4oc3=O)cc2)cc1. The molecule has 0 bridgehead atoms. The Morgan fingerprint density at radius 3 is 2.12 bits per heavy atom. The molecule has 0 radical (unpaired) electrons. The number of hydrogen-bond donors (Lipinski definition) is 4. The summed E-state index contributed by atoms with van der Waals surface area (Å²) in [5.41, 5.74) is 4.00. The van der Waals surface area contributed by atoms with Crippen molar-refractivity contribution in [2.45, 2.75) is 12.8 Å². The number of rotatable bonds is 13. The van der Waals surface area contributed by atoms with Crippen LogP contribution >= 0.6 is 0 Å². The highest BCUT2D eigenvalue weighted by atomic mass is 16.5. The van der Waals surface area contributed by atoms with Gasteiger partial charge in [-0.25, -0.2) is 4.79 Å². The molecule has 204 valence electrons. The number of fused-ring (bicyclic) bond motifs is 1. The predicted molar refractivity (Wildman–Crippen MR) is 157 cm³/mol. The van der Waals surface area contributed by atoms with E-state index in [1.807, 2.05) is 36.4 Å². The van der Waals surface area contributed by atoms with Crippen LogP contribution in [0, 0.1) is 0 Å². The Kier molecular flexibility index (Phi) is 9.34. The number of ether oxygens (including phenoxy) is 1. The Bertz CT molecular complexity index is 1560. The van der Waals surface area contributed by atoms with Crippen LogP contribution < -0.4 is 26.9 Å². The van der Waals surface area contributed by atoms with Crippen molar-refractivity contribution in [3.05, 3.63) is 125 Å². The zero-order chi connectivity index (χ0) is 28.3. The lowest BCUT2D eigenvalue weighted by Crippen LogP contribution is -2.27. The number of benzene rings is 3. The molecule has 0 aliphatic carbocycles. The molecular formula is C31H30N4O5. The molecule has 1 aromatic heterocycles. The van der Waals surface area contributed by atoms with Gasteiger partial charge in [0.1, 0.15) is 11.1 Å². The number of carbonyl (C=O) groups is 2. The molecule has 0 fully saturated rings. The minimum Gasteiger partial charge on any atom is -0.482 e. The van der Waals surface area contributed by atoms with Crippen molar-refractivity contribution in [3.63, 3.8) is 0 Å². The van der Waals surface area contributed by atoms with Crippen molar-refractivity contribution in [2.24, 2.45) is 0 Å². The van der Waals surface area contributed by atoms with E-state index >= 15 is 0 Å². The van der Waals surface area contributed by atoms with E-state index < -0.39 is 11.5 Å². The molecule has 40 heavy (non-hydrogen) atoms. The Balaban J connectivity index is 1.33. The molecule has 9 nitrogen and oxygen atoms in total. The first kappa shape index (κ1) is 27.7. The summed E-state index contributed by atoms with van der Waals surface area (Å²) in [6.45, 7) is 7.45. The molecule has 9 heteroatoms. The average molecular weight is 539 g/mol. The van der Waals surface area contributed by atoms with Gasteiger partial charge in [-0.3, -0.25) is 9.59 Å². The molecule has 0 saturated heterocycles. The highest BCUT2D eigenvalue weighted by molar-refractivity contribution is 6.05. The summed E-state index contributed by atoms with van der Waals surface area (Å²) in [5.74, 6) is -0.860. The standard InChI is InChI=1S/C31H30N4O5/c1-3-29(36)33-19-32-26-16-11-23-17-27(31(38)40-28(23)18-26)30(37)35-25-14-9-22(10-15-25)6-5-21-7-12-24(13-8-21)34-20-39-4-2/h3-4,7-18,32,34H,1-2,5-6,19-20H2,(H,33,36)(H,35,37). The largest absolute Gasteiger partial charge is 0.482 e. The van der Waals surface area contributed by atoms with Crippen LogP contribution in [-0.4, -0.2) is 25.2 Å². The summed E-state index contributed by atoms with van der Waals surface area (Å²) in [4.78, 5) is 36.6. The monoisotopic (exact) mass is 538 g/mol. The fourth-order valence-corrected chi connectivity index (χ4v) is 3.90. The van der Waals surface area contributed by atoms with Crippen LogP contribution in [0.5, 0.6) is 0 Å². The van der Waals surface area contributed by atoms with E-state index in [1.165, 1.54) is 24.0 Å². The van der Waals surface area contributed by atoms with Gasteiger partial charge < -0.3 is 30.4 Å². The smallest absolute Gasteiger partial charge is 0.349 e. The molecule has 3 aromatic carbocycles. The molecule has 0 atom stereocenters. The molecule has 0 unspecified atom stereocenters. The summed E-state index contributed by atoms with van der Waals surface area (Å²) in [6.07, 6.45) is 4.27. The van der Waals surface area contributed by atoms with Crippen LogP contribution in [0.4, 0.5) is 17.1 Å². The molecule has 2 amide bonds. The molecule has 0 aliphatic rings. The van der Waals surface area contributed by atoms with Crippen LogP contribution in [0.2, 0.25) is 0 Å². The van der Waals surface area contributed by atoms with Gasteiger partial charge in [0, 0.05) is 28.5 Å². The van der Waals surface area contributed by atoms with E-state index in [4.69, 9.17) is 9.15 Å². The molecule has 0 aliphatic heterocycles. The maximum absolute atomic E-state index is 12.8. The van der Waals surface area contributed by atoms with E-state index in [-0.39, 0.29) is 18.1 Å². The molecule has 0 spiro atoms. The third-order valence-corrected chi connectivity index (χ3v) is 6.07. The first-order valence-electron chi connectivity index (χ1n) is 12.6. The summed E-state index contributed by atoms with van der Waals surface area (Å²) in [6, 6.07) is 22.3. The quantitative estimate of drug-likeness (QED) is 0.0619. The van der Waals surface area contributed by atoms with Crippen LogP contribution in [-0.2, 0) is 22.4 Å². The van der Waals surface area contributed by atoms with Crippen molar-refractivity contribution in [1.82, 2.24) is 5.32 Å². The maximum atomic E-state index is 12.8. The molecular weight excluding hydrogens is 508 g/mol. The Morgan fingerprint density at radius 2 is 1.48 bits per heavy atom. The van der Waals surface area contributed by atoms with Crippen molar-refractivity contribution < 1.29 is 18.7 Å². The van der Waals surface area contributed by atoms with E-state index in [1.54, 1.807) is 18.2 Å². The minimum atomic E-state index is -0.742. The summed E-state index contributed by atoms with van der Waals surface area (Å²) in [7, 11) is 0. The van der Waals surface area contributed by atoms with E-state index in [2.05, 4.69) is 46.6 Å². The maximum Gasteiger partial charge on any atom is 0.349 e. The van der Waals surface area contributed by atoms with E-state index in [0.717, 1.165) is 24.1 Å². The number of nitrogens with one attached hydrogen (secondary N) is 4. The summed E-state index contributed by atoms with van der Waals surface area (Å²) >= 11 is 0. The van der Waals surface area contributed by atoms with Gasteiger partial charge in [-0.05, 0) is 72.5 Å². The Labute approximate surface area is 231 Å². The van der Waals surface area contributed by atoms with Crippen LogP contribution in [0.1, 0.15) is 21.5 Å². The first-order chi connectivity index (χ1) is 19.4. The molecule has 4 N–H and O–H groups in total. The van der Waals surface area contributed by atoms with Crippen LogP contribution in [0.15, 0.2) is 108 Å². The Hall–Kier alpha value is -5.31. The van der Waals surface area contributed by atoms with E-state index in [9.17, 15) is 14.4 Å². The van der Waals surface area contributed by atoms with Gasteiger partial charge in [0.25, 0.3) is 5.91 Å². The molecule has 4 rings (SSSR count). The Morgan fingerprint density at radius 1 is 0.825 bits per heavy atom. The molecule has 4 aromatic rings. The second-order valence-electron chi connectivity index (χ2n) is 8.80. The third kappa shape index (κ3) is 7.61. The molecule has 1 heterocycles. The van der Waals surface area contributed by atoms with Crippen molar-refractivity contribution in [2.75, 3.05) is 29.3 Å². The third-order valence-electron chi connectivity index (χ3n) is 6.07. The zero-order valence-corrected chi connectivity index (χ0v) is 21.9. The van der Waals surface area contributed by atoms with Crippen molar-refractivity contribution in [1.29, 1.82) is 0 Å². The van der Waals surface area contributed by atoms with Gasteiger partial charge in [-0.15, -0.1) is 0 Å². The minimum absolute atomic E-state index is 0.0930. The van der Waals surface area contributed by atoms with Crippen LogP contribution in [0.25, 0.3) is 11.0 Å². The van der Waals surface area contributed by atoms with Gasteiger partial charge in [0.2, 0.25) is 5.91 Å². The highest BCUT2D eigenvalue weighted by Gasteiger charge is 2.14. The van der Waals surface area contributed by atoms with Gasteiger partial charge in [0.05, 0.1) is 12.9 Å². The number of aryl methyl sites for hydroxylation is 2. The number of hydrogen-bond acceptors (Lipinski definition) is 7. The van der Waals surface area contributed by atoms with Crippen molar-refractivity contribution >= 4 is 39.8 Å². The number of anilines is 3. The van der Waals surface area contributed by atoms with Gasteiger partial charge in [-0.1, -0.05) is 37.4 Å². The lowest BCUT2D eigenvalue weighted by atomic mass is 10.0. The van der Waals surface area contributed by atoms with E-state index in [0.29, 0.717) is 29.1 Å². The predicted octanol–water partition coefficient (Wildman–Crippen LogP) is 5.03. The second-order valence-corrected chi connectivity index (χ2v) is 8.80. The number of amides is 2. The number of carbonyl (C=O) groups excluding carboxylic acids is 2. The highest BCUT2D eigenvalue weighted by Crippen LogP contribution is 2.20. The fraction of sp³-hybridized carbons (Fsp3) is 0.129. The normalized spacial score (nSPS) is 10.4. The summed E-state index contributed by atoms with van der Waals surface area (Å²) in [5, 5.41) is 12.1. The average Bonchev–Trinajstić information content (AvgIpc) is 2.97. The lowest BCUT2D eigenvalue weighted by molar-refractivity contribution is -0.116. The van der Waals surface area contributed by atoms with Gasteiger partial charge in [0.15, 0.2) is 6.73 Å². The topological polar surface area (TPSA) is 122 Å². The second kappa shape index (κ2) is 13.5. The lowest BCUT2D eigenvalue weighted by Gasteiger charge is -2.09. The summed E-state index contributed by atoms with van der Waals surface area (Å²) < 4.78 is 10.5.